The number of rotatable bonds is 5. The van der Waals surface area contributed by atoms with E-state index in [4.69, 9.17) is 5.11 Å². The molecule has 0 fully saturated rings. The van der Waals surface area contributed by atoms with Crippen molar-refractivity contribution in [2.45, 2.75) is 32.7 Å². The topological polar surface area (TPSA) is 66.4 Å². The lowest BCUT2D eigenvalue weighted by Gasteiger charge is -2.24. The van der Waals surface area contributed by atoms with E-state index in [1.165, 1.54) is 19.1 Å². The Kier molecular flexibility index (Phi) is 5.09. The average Bonchev–Trinajstić information content (AvgIpc) is 1.99. The Morgan fingerprint density at radius 1 is 1.36 bits per heavy atom. The van der Waals surface area contributed by atoms with Crippen LogP contribution in [0.3, 0.4) is 0 Å². The Morgan fingerprint density at radius 3 is 2.36 bits per heavy atom. The number of nitrogens with one attached hydrogen (secondary N) is 1. The second kappa shape index (κ2) is 5.54. The van der Waals surface area contributed by atoms with E-state index in [1.807, 2.05) is 13.8 Å². The zero-order chi connectivity index (χ0) is 11.2. The van der Waals surface area contributed by atoms with Gasteiger partial charge >= 0.3 is 0 Å². The molecule has 80 valence electrons. The van der Waals surface area contributed by atoms with Crippen molar-refractivity contribution in [2.75, 3.05) is 6.61 Å². The molecule has 0 radical (unpaired) electrons. The first kappa shape index (κ1) is 12.8. The van der Waals surface area contributed by atoms with Crippen LogP contribution in [-0.2, 0) is 9.59 Å². The summed E-state index contributed by atoms with van der Waals surface area (Å²) < 4.78 is 0. The van der Waals surface area contributed by atoms with E-state index in [-0.39, 0.29) is 18.3 Å². The third kappa shape index (κ3) is 6.37. The number of carbonyl (C=O) groups excluding carboxylic acids is 2. The van der Waals surface area contributed by atoms with E-state index >= 15 is 0 Å². The van der Waals surface area contributed by atoms with Gasteiger partial charge in [-0.05, 0) is 33.3 Å². The van der Waals surface area contributed by atoms with Crippen molar-refractivity contribution in [3.05, 3.63) is 12.2 Å². The van der Waals surface area contributed by atoms with Crippen LogP contribution >= 0.6 is 0 Å². The maximum absolute atomic E-state index is 11.2. The minimum absolute atomic E-state index is 0.0176. The molecule has 0 aromatic heterocycles. The Balaban J connectivity index is 4.11. The summed E-state index contributed by atoms with van der Waals surface area (Å²) in [5, 5.41) is 11.4. The van der Waals surface area contributed by atoms with Crippen LogP contribution in [0.15, 0.2) is 12.2 Å². The van der Waals surface area contributed by atoms with Gasteiger partial charge in [0.25, 0.3) is 0 Å². The highest BCUT2D eigenvalue weighted by molar-refractivity contribution is 5.96. The molecule has 1 amide bonds. The van der Waals surface area contributed by atoms with Crippen LogP contribution in [-0.4, -0.2) is 28.9 Å². The molecule has 0 aliphatic rings. The summed E-state index contributed by atoms with van der Waals surface area (Å²) in [5.41, 5.74) is -0.451. The van der Waals surface area contributed by atoms with Crippen LogP contribution in [0, 0.1) is 0 Å². The highest BCUT2D eigenvalue weighted by atomic mass is 16.3. The molecule has 14 heavy (non-hydrogen) atoms. The van der Waals surface area contributed by atoms with Crippen molar-refractivity contribution in [3.8, 4) is 0 Å². The predicted molar refractivity (Wildman–Crippen MR) is 53.7 cm³/mol. The smallest absolute Gasteiger partial charge is 0.244 e. The minimum atomic E-state index is -0.451. The van der Waals surface area contributed by atoms with E-state index in [1.54, 1.807) is 0 Å². The zero-order valence-corrected chi connectivity index (χ0v) is 8.83. The largest absolute Gasteiger partial charge is 0.396 e. The molecule has 4 nitrogen and oxygen atoms in total. The van der Waals surface area contributed by atoms with Gasteiger partial charge in [0.2, 0.25) is 5.91 Å². The lowest BCUT2D eigenvalue weighted by atomic mass is 10.0. The van der Waals surface area contributed by atoms with Crippen LogP contribution in [0.4, 0.5) is 0 Å². The summed E-state index contributed by atoms with van der Waals surface area (Å²) in [4.78, 5) is 21.7. The maximum Gasteiger partial charge on any atom is 0.244 e. The third-order valence-electron chi connectivity index (χ3n) is 1.67. The second-order valence-electron chi connectivity index (χ2n) is 3.79. The molecule has 0 unspecified atom stereocenters. The molecule has 0 aromatic carbocycles. The number of hydrogen-bond acceptors (Lipinski definition) is 3. The Bertz CT molecular complexity index is 244. The molecular formula is C10H17NO3. The Labute approximate surface area is 84.0 Å². The van der Waals surface area contributed by atoms with Gasteiger partial charge in [-0.15, -0.1) is 0 Å². The lowest BCUT2D eigenvalue weighted by molar-refractivity contribution is -0.118. The van der Waals surface area contributed by atoms with Crippen LogP contribution in [0.2, 0.25) is 0 Å². The first-order valence-corrected chi connectivity index (χ1v) is 4.49. The number of ketones is 1. The van der Waals surface area contributed by atoms with Gasteiger partial charge in [-0.25, -0.2) is 0 Å². The Morgan fingerprint density at radius 2 is 1.93 bits per heavy atom. The van der Waals surface area contributed by atoms with Gasteiger partial charge in [0.1, 0.15) is 0 Å². The van der Waals surface area contributed by atoms with Gasteiger partial charge < -0.3 is 10.4 Å². The first-order valence-electron chi connectivity index (χ1n) is 4.49. The molecule has 0 saturated carbocycles. The van der Waals surface area contributed by atoms with Crippen molar-refractivity contribution >= 4 is 11.7 Å². The molecule has 0 aromatic rings. The van der Waals surface area contributed by atoms with Crippen molar-refractivity contribution in [3.63, 3.8) is 0 Å². The fraction of sp³-hybridized carbons (Fsp3) is 0.600. The van der Waals surface area contributed by atoms with E-state index in [2.05, 4.69) is 5.32 Å². The predicted octanol–water partition coefficient (Wildman–Crippen LogP) is 0.409. The zero-order valence-electron chi connectivity index (χ0n) is 8.83. The van der Waals surface area contributed by atoms with Gasteiger partial charge in [0.05, 0.1) is 0 Å². The molecule has 0 atom stereocenters. The summed E-state index contributed by atoms with van der Waals surface area (Å²) in [7, 11) is 0. The van der Waals surface area contributed by atoms with Gasteiger partial charge in [-0.3, -0.25) is 9.59 Å². The molecule has 0 bridgehead atoms. The molecule has 0 rings (SSSR count). The molecule has 0 saturated heterocycles. The van der Waals surface area contributed by atoms with E-state index in [0.29, 0.717) is 6.42 Å². The first-order chi connectivity index (χ1) is 6.37. The van der Waals surface area contributed by atoms with E-state index < -0.39 is 5.54 Å². The van der Waals surface area contributed by atoms with E-state index in [0.717, 1.165) is 0 Å². The van der Waals surface area contributed by atoms with Gasteiger partial charge in [-0.1, -0.05) is 0 Å². The summed E-state index contributed by atoms with van der Waals surface area (Å²) in [5.74, 6) is -0.487. The van der Waals surface area contributed by atoms with Crippen molar-refractivity contribution < 1.29 is 14.7 Å². The monoisotopic (exact) mass is 199 g/mol. The molecule has 0 heterocycles. The number of amides is 1. The van der Waals surface area contributed by atoms with E-state index in [9.17, 15) is 9.59 Å². The second-order valence-corrected chi connectivity index (χ2v) is 3.79. The van der Waals surface area contributed by atoms with Gasteiger partial charge in [0, 0.05) is 18.2 Å². The number of allylic oxidation sites excluding steroid dienone is 1. The summed E-state index contributed by atoms with van der Waals surface area (Å²) in [6, 6.07) is 0. The fourth-order valence-corrected chi connectivity index (χ4v) is 0.910. The number of aliphatic hydroxyl groups excluding tert-OH is 1. The van der Waals surface area contributed by atoms with Crippen LogP contribution in [0.1, 0.15) is 27.2 Å². The quantitative estimate of drug-likeness (QED) is 0.630. The van der Waals surface area contributed by atoms with Gasteiger partial charge in [0.15, 0.2) is 5.78 Å². The molecular weight excluding hydrogens is 182 g/mol. The van der Waals surface area contributed by atoms with Gasteiger partial charge in [-0.2, -0.15) is 0 Å². The minimum Gasteiger partial charge on any atom is -0.396 e. The normalized spacial score (nSPS) is 11.7. The summed E-state index contributed by atoms with van der Waals surface area (Å²) in [6.45, 7) is 5.01. The maximum atomic E-state index is 11.2. The number of carbonyl (C=O) groups is 2. The molecule has 4 heteroatoms. The van der Waals surface area contributed by atoms with Crippen molar-refractivity contribution in [1.82, 2.24) is 5.32 Å². The van der Waals surface area contributed by atoms with Crippen LogP contribution < -0.4 is 5.32 Å². The van der Waals surface area contributed by atoms with Crippen molar-refractivity contribution in [2.24, 2.45) is 0 Å². The van der Waals surface area contributed by atoms with Crippen molar-refractivity contribution in [1.29, 1.82) is 0 Å². The highest BCUT2D eigenvalue weighted by Crippen LogP contribution is 2.06. The fourth-order valence-electron chi connectivity index (χ4n) is 0.910. The standard InChI is InChI=1S/C10H17NO3/c1-8(13)4-5-9(14)11-10(2,3)6-7-12/h4-5,12H,6-7H2,1-3H3,(H,11,14)/b5-4+. The summed E-state index contributed by atoms with van der Waals surface area (Å²) in [6.07, 6.45) is 2.89. The Hall–Kier alpha value is -1.16. The van der Waals surface area contributed by atoms with Crippen LogP contribution in [0.5, 0.6) is 0 Å². The molecule has 0 aliphatic heterocycles. The highest BCUT2D eigenvalue weighted by Gasteiger charge is 2.17. The molecule has 2 N–H and O–H groups in total. The lowest BCUT2D eigenvalue weighted by Crippen LogP contribution is -2.43. The average molecular weight is 199 g/mol. The SMILES string of the molecule is CC(=O)/C=C/C(=O)NC(C)(C)CCO. The molecule has 0 spiro atoms. The van der Waals surface area contributed by atoms with Crippen LogP contribution in [0.25, 0.3) is 0 Å². The number of hydrogen-bond donors (Lipinski definition) is 2. The molecule has 0 aliphatic carbocycles. The third-order valence-corrected chi connectivity index (χ3v) is 1.67. The number of aliphatic hydroxyl groups is 1. The summed E-state index contributed by atoms with van der Waals surface area (Å²) >= 11 is 0.